The van der Waals surface area contributed by atoms with Crippen LogP contribution in [-0.4, -0.2) is 60.9 Å². The molecule has 1 unspecified atom stereocenters. The van der Waals surface area contributed by atoms with Crippen LogP contribution in [-0.2, 0) is 24.4 Å². The summed E-state index contributed by atoms with van der Waals surface area (Å²) in [4.78, 5) is 31.5. The molecule has 0 fully saturated rings. The average molecular weight is 480 g/mol. The number of carbonyl (C=O) groups excluding carboxylic acids is 1. The van der Waals surface area contributed by atoms with Crippen molar-refractivity contribution in [2.45, 2.75) is 32.7 Å². The van der Waals surface area contributed by atoms with Crippen molar-refractivity contribution in [3.8, 4) is 0 Å². The van der Waals surface area contributed by atoms with Crippen molar-refractivity contribution in [3.63, 3.8) is 0 Å². The standard InChI is InChI=1S/C19H22N6O2.C2HF3O2/c1-14-2-3-17(27-14)13-24-10-15(11-25-16(12-24)4-5-23-25)8-22-19(26)18-9-20-6-7-21-18;3-2(4,5)1(6)7/h2-7,9,15H,8,10-13H2,1H3,(H,22,26);(H,6,7). The van der Waals surface area contributed by atoms with E-state index in [1.54, 1.807) is 6.20 Å². The first-order valence-electron chi connectivity index (χ1n) is 10.2. The van der Waals surface area contributed by atoms with Gasteiger partial charge in [-0.3, -0.25) is 19.4 Å². The number of aryl methyl sites for hydroxylation is 1. The first-order chi connectivity index (χ1) is 16.1. The minimum atomic E-state index is -5.08. The number of amides is 1. The van der Waals surface area contributed by atoms with Crippen LogP contribution in [0.4, 0.5) is 13.2 Å². The summed E-state index contributed by atoms with van der Waals surface area (Å²) in [6.07, 6.45) is 1.28. The molecule has 1 aliphatic heterocycles. The van der Waals surface area contributed by atoms with Gasteiger partial charge in [-0.1, -0.05) is 0 Å². The number of carboxylic acids is 1. The molecule has 10 nitrogen and oxygen atoms in total. The maximum atomic E-state index is 12.3. The number of carboxylic acid groups (broad SMARTS) is 1. The van der Waals surface area contributed by atoms with Crippen molar-refractivity contribution in [2.24, 2.45) is 5.92 Å². The molecule has 4 heterocycles. The second-order valence-corrected chi connectivity index (χ2v) is 7.66. The molecule has 0 spiro atoms. The number of aliphatic carboxylic acids is 1. The smallest absolute Gasteiger partial charge is 0.475 e. The Morgan fingerprint density at radius 1 is 1.21 bits per heavy atom. The third-order valence-corrected chi connectivity index (χ3v) is 4.90. The Labute approximate surface area is 192 Å². The first kappa shape index (κ1) is 24.9. The molecule has 3 aromatic rings. The van der Waals surface area contributed by atoms with Gasteiger partial charge in [0, 0.05) is 50.7 Å². The predicted octanol–water partition coefficient (Wildman–Crippen LogP) is 2.27. The molecular weight excluding hydrogens is 457 g/mol. The number of nitrogens with zero attached hydrogens (tertiary/aromatic N) is 5. The van der Waals surface area contributed by atoms with Gasteiger partial charge in [0.25, 0.3) is 5.91 Å². The van der Waals surface area contributed by atoms with E-state index in [9.17, 15) is 18.0 Å². The molecule has 4 rings (SSSR count). The van der Waals surface area contributed by atoms with Gasteiger partial charge in [-0.05, 0) is 25.1 Å². The van der Waals surface area contributed by atoms with Crippen LogP contribution in [0.5, 0.6) is 0 Å². The molecule has 13 heteroatoms. The Morgan fingerprint density at radius 2 is 1.97 bits per heavy atom. The molecule has 34 heavy (non-hydrogen) atoms. The second kappa shape index (κ2) is 10.9. The minimum absolute atomic E-state index is 0.207. The number of nitrogens with one attached hydrogen (secondary N) is 1. The first-order valence-corrected chi connectivity index (χ1v) is 10.2. The second-order valence-electron chi connectivity index (χ2n) is 7.66. The molecule has 0 saturated carbocycles. The Morgan fingerprint density at radius 3 is 2.59 bits per heavy atom. The third-order valence-electron chi connectivity index (χ3n) is 4.90. The number of hydrogen-bond donors (Lipinski definition) is 2. The van der Waals surface area contributed by atoms with Crippen molar-refractivity contribution < 1.29 is 32.3 Å². The summed E-state index contributed by atoms with van der Waals surface area (Å²) in [6.45, 7) is 5.62. The van der Waals surface area contributed by atoms with Gasteiger partial charge in [0.05, 0.1) is 18.4 Å². The molecule has 2 N–H and O–H groups in total. The predicted molar refractivity (Wildman–Crippen MR) is 111 cm³/mol. The molecule has 0 radical (unpaired) electrons. The van der Waals surface area contributed by atoms with E-state index in [2.05, 4.69) is 25.3 Å². The molecular formula is C21H23F3N6O4. The summed E-state index contributed by atoms with van der Waals surface area (Å²) in [5.41, 5.74) is 1.50. The number of furan rings is 1. The fourth-order valence-corrected chi connectivity index (χ4v) is 3.40. The van der Waals surface area contributed by atoms with Gasteiger partial charge >= 0.3 is 12.1 Å². The van der Waals surface area contributed by atoms with Gasteiger partial charge in [0.1, 0.15) is 17.2 Å². The number of halogens is 3. The summed E-state index contributed by atoms with van der Waals surface area (Å²) in [5.74, 6) is -0.878. The topological polar surface area (TPSA) is 126 Å². The van der Waals surface area contributed by atoms with Crippen molar-refractivity contribution in [1.82, 2.24) is 30.0 Å². The minimum Gasteiger partial charge on any atom is -0.475 e. The quantitative estimate of drug-likeness (QED) is 0.570. The lowest BCUT2D eigenvalue weighted by Gasteiger charge is -2.23. The molecule has 0 saturated heterocycles. The number of rotatable bonds is 5. The maximum absolute atomic E-state index is 12.3. The molecule has 3 aromatic heterocycles. The van der Waals surface area contributed by atoms with Crippen LogP contribution in [0.2, 0.25) is 0 Å². The molecule has 0 bridgehead atoms. The van der Waals surface area contributed by atoms with E-state index in [-0.39, 0.29) is 11.8 Å². The Balaban J connectivity index is 0.000000406. The Bertz CT molecular complexity index is 1100. The lowest BCUT2D eigenvalue weighted by atomic mass is 10.1. The van der Waals surface area contributed by atoms with Gasteiger partial charge in [-0.15, -0.1) is 0 Å². The third kappa shape index (κ3) is 7.13. The Hall–Kier alpha value is -3.74. The van der Waals surface area contributed by atoms with Crippen LogP contribution in [0.25, 0.3) is 0 Å². The highest BCUT2D eigenvalue weighted by molar-refractivity contribution is 5.91. The number of alkyl halides is 3. The van der Waals surface area contributed by atoms with Crippen molar-refractivity contribution >= 4 is 11.9 Å². The van der Waals surface area contributed by atoms with E-state index in [1.807, 2.05) is 36.0 Å². The Kier molecular flexibility index (Phi) is 7.99. The number of hydrogen-bond acceptors (Lipinski definition) is 7. The lowest BCUT2D eigenvalue weighted by molar-refractivity contribution is -0.192. The molecule has 1 aliphatic rings. The van der Waals surface area contributed by atoms with Crippen LogP contribution in [0.15, 0.2) is 47.4 Å². The van der Waals surface area contributed by atoms with E-state index in [4.69, 9.17) is 14.3 Å². The highest BCUT2D eigenvalue weighted by Gasteiger charge is 2.38. The lowest BCUT2D eigenvalue weighted by Crippen LogP contribution is -2.36. The zero-order valence-electron chi connectivity index (χ0n) is 18.2. The van der Waals surface area contributed by atoms with Crippen LogP contribution in [0.1, 0.15) is 27.7 Å². The largest absolute Gasteiger partial charge is 0.490 e. The number of aromatic nitrogens is 4. The van der Waals surface area contributed by atoms with Gasteiger partial charge in [-0.2, -0.15) is 18.3 Å². The van der Waals surface area contributed by atoms with Gasteiger partial charge in [-0.25, -0.2) is 9.78 Å². The van der Waals surface area contributed by atoms with Crippen molar-refractivity contribution in [1.29, 1.82) is 0 Å². The van der Waals surface area contributed by atoms with E-state index >= 15 is 0 Å². The summed E-state index contributed by atoms with van der Waals surface area (Å²) in [6, 6.07) is 6.04. The molecule has 0 aromatic carbocycles. The fourth-order valence-electron chi connectivity index (χ4n) is 3.40. The molecule has 182 valence electrons. The zero-order valence-corrected chi connectivity index (χ0v) is 18.2. The van der Waals surface area contributed by atoms with E-state index in [0.717, 1.165) is 37.7 Å². The number of carbonyl (C=O) groups is 2. The molecule has 1 amide bonds. The highest BCUT2D eigenvalue weighted by atomic mass is 19.4. The summed E-state index contributed by atoms with van der Waals surface area (Å²) in [7, 11) is 0. The van der Waals surface area contributed by atoms with Crippen molar-refractivity contribution in [2.75, 3.05) is 13.1 Å². The normalized spacial score (nSPS) is 16.1. The van der Waals surface area contributed by atoms with Gasteiger partial charge < -0.3 is 14.8 Å². The highest BCUT2D eigenvalue weighted by Crippen LogP contribution is 2.19. The van der Waals surface area contributed by atoms with Crippen molar-refractivity contribution in [3.05, 3.63) is 65.9 Å². The van der Waals surface area contributed by atoms with E-state index in [0.29, 0.717) is 12.2 Å². The summed E-state index contributed by atoms with van der Waals surface area (Å²) in [5, 5.41) is 14.5. The average Bonchev–Trinajstić information content (AvgIpc) is 3.36. The van der Waals surface area contributed by atoms with E-state index in [1.165, 1.54) is 18.1 Å². The summed E-state index contributed by atoms with van der Waals surface area (Å²) < 4.78 is 39.5. The SMILES string of the molecule is Cc1ccc(CN2Cc3ccnn3CC(CNC(=O)c3cnccn3)C2)o1.O=C(O)C(F)(F)F. The van der Waals surface area contributed by atoms with Crippen LogP contribution >= 0.6 is 0 Å². The van der Waals surface area contributed by atoms with Crippen LogP contribution < -0.4 is 5.32 Å². The van der Waals surface area contributed by atoms with Crippen LogP contribution in [0, 0.1) is 12.8 Å². The molecule has 1 atom stereocenters. The van der Waals surface area contributed by atoms with Crippen LogP contribution in [0.3, 0.4) is 0 Å². The van der Waals surface area contributed by atoms with E-state index < -0.39 is 12.1 Å². The monoisotopic (exact) mass is 480 g/mol. The fraction of sp³-hybridized carbons (Fsp3) is 0.381. The molecule has 0 aliphatic carbocycles. The van der Waals surface area contributed by atoms with Gasteiger partial charge in [0.15, 0.2) is 0 Å². The zero-order chi connectivity index (χ0) is 24.7. The summed E-state index contributed by atoms with van der Waals surface area (Å²) >= 11 is 0. The van der Waals surface area contributed by atoms with Gasteiger partial charge in [0.2, 0.25) is 0 Å². The number of fused-ring (bicyclic) bond motifs is 1. The maximum Gasteiger partial charge on any atom is 0.490 e.